The van der Waals surface area contributed by atoms with Crippen molar-refractivity contribution in [3.63, 3.8) is 0 Å². The van der Waals surface area contributed by atoms with Crippen LogP contribution in [0.15, 0.2) is 18.2 Å². The van der Waals surface area contributed by atoms with Gasteiger partial charge in [-0.3, -0.25) is 9.59 Å². The van der Waals surface area contributed by atoms with E-state index in [1.54, 1.807) is 18.4 Å². The quantitative estimate of drug-likeness (QED) is 0.718. The summed E-state index contributed by atoms with van der Waals surface area (Å²) in [6.07, 6.45) is 0.531. The van der Waals surface area contributed by atoms with Crippen molar-refractivity contribution in [3.8, 4) is 5.75 Å². The van der Waals surface area contributed by atoms with E-state index in [-0.39, 0.29) is 6.47 Å². The summed E-state index contributed by atoms with van der Waals surface area (Å²) in [7, 11) is 1.48. The van der Waals surface area contributed by atoms with E-state index >= 15 is 0 Å². The summed E-state index contributed by atoms with van der Waals surface area (Å²) in [4.78, 5) is 20.6. The van der Waals surface area contributed by atoms with Crippen LogP contribution < -0.4 is 4.74 Å². The minimum absolute atomic E-state index is 0.188. The molecule has 1 aromatic carbocycles. The lowest BCUT2D eigenvalue weighted by Gasteiger charge is -2.09. The molecular weight excluding hydrogens is 220 g/mol. The molecule has 79 valence electrons. The summed E-state index contributed by atoms with van der Waals surface area (Å²) in [5, 5.41) is 0.338. The predicted octanol–water partition coefficient (Wildman–Crippen LogP) is 1.67. The standard InChI is InChI=1S/C10H8ClO4/c1-14-9-3-2-7(4-8(9)11)10(5-12)15-6-13/h2-4,6,10H,1H3. The van der Waals surface area contributed by atoms with Gasteiger partial charge in [-0.25, -0.2) is 0 Å². The SMILES string of the molecule is COc1ccc(C([C]=O)OC=O)cc1Cl. The zero-order chi connectivity index (χ0) is 11.3. The lowest BCUT2D eigenvalue weighted by atomic mass is 10.1. The molecule has 0 fully saturated rings. The van der Waals surface area contributed by atoms with E-state index in [2.05, 4.69) is 4.74 Å². The van der Waals surface area contributed by atoms with Gasteiger partial charge in [0.1, 0.15) is 5.75 Å². The summed E-state index contributed by atoms with van der Waals surface area (Å²) in [6, 6.07) is 4.64. The van der Waals surface area contributed by atoms with Crippen molar-refractivity contribution >= 4 is 24.4 Å². The van der Waals surface area contributed by atoms with Gasteiger partial charge in [0.25, 0.3) is 6.47 Å². The first kappa shape index (κ1) is 11.5. The highest BCUT2D eigenvalue weighted by atomic mass is 35.5. The fraction of sp³-hybridized carbons (Fsp3) is 0.200. The first-order valence-corrected chi connectivity index (χ1v) is 4.41. The molecule has 1 radical (unpaired) electrons. The van der Waals surface area contributed by atoms with Crippen LogP contribution >= 0.6 is 11.6 Å². The molecule has 0 aliphatic carbocycles. The van der Waals surface area contributed by atoms with Crippen molar-refractivity contribution in [1.82, 2.24) is 0 Å². The van der Waals surface area contributed by atoms with E-state index in [1.807, 2.05) is 0 Å². The number of benzene rings is 1. The highest BCUT2D eigenvalue weighted by Gasteiger charge is 2.13. The van der Waals surface area contributed by atoms with Crippen LogP contribution in [0.2, 0.25) is 5.02 Å². The third kappa shape index (κ3) is 2.70. The molecule has 0 bridgehead atoms. The average molecular weight is 228 g/mol. The molecule has 0 N–H and O–H groups in total. The predicted molar refractivity (Wildman–Crippen MR) is 53.6 cm³/mol. The second-order valence-corrected chi connectivity index (χ2v) is 3.03. The molecule has 0 saturated carbocycles. The topological polar surface area (TPSA) is 52.6 Å². The Hall–Kier alpha value is -1.55. The Morgan fingerprint density at radius 3 is 2.73 bits per heavy atom. The monoisotopic (exact) mass is 227 g/mol. The molecule has 1 unspecified atom stereocenters. The Morgan fingerprint density at radius 2 is 2.27 bits per heavy atom. The number of hydrogen-bond donors (Lipinski definition) is 0. The second kappa shape index (κ2) is 5.36. The lowest BCUT2D eigenvalue weighted by molar-refractivity contribution is -0.131. The Balaban J connectivity index is 2.99. The van der Waals surface area contributed by atoms with Crippen LogP contribution in [0.5, 0.6) is 5.75 Å². The van der Waals surface area contributed by atoms with Gasteiger partial charge in [0.05, 0.1) is 12.1 Å². The maximum absolute atomic E-state index is 10.5. The van der Waals surface area contributed by atoms with Gasteiger partial charge in [-0.05, 0) is 12.1 Å². The average Bonchev–Trinajstić information content (AvgIpc) is 2.25. The molecule has 1 atom stereocenters. The highest BCUT2D eigenvalue weighted by molar-refractivity contribution is 6.32. The Labute approximate surface area is 91.7 Å². The van der Waals surface area contributed by atoms with Crippen molar-refractivity contribution in [2.24, 2.45) is 0 Å². The molecule has 15 heavy (non-hydrogen) atoms. The van der Waals surface area contributed by atoms with Gasteiger partial charge in [-0.2, -0.15) is 0 Å². The van der Waals surface area contributed by atoms with Crippen molar-refractivity contribution in [2.75, 3.05) is 7.11 Å². The fourth-order valence-electron chi connectivity index (χ4n) is 1.08. The van der Waals surface area contributed by atoms with Gasteiger partial charge >= 0.3 is 0 Å². The van der Waals surface area contributed by atoms with E-state index in [4.69, 9.17) is 16.3 Å². The summed E-state index contributed by atoms with van der Waals surface area (Å²) in [6.45, 7) is 0.188. The number of methoxy groups -OCH3 is 1. The third-order valence-electron chi connectivity index (χ3n) is 1.78. The maximum Gasteiger partial charge on any atom is 0.294 e. The number of hydrogen-bond acceptors (Lipinski definition) is 4. The summed E-state index contributed by atoms with van der Waals surface area (Å²) >= 11 is 5.83. The molecule has 4 nitrogen and oxygen atoms in total. The van der Waals surface area contributed by atoms with Gasteiger partial charge in [-0.1, -0.05) is 17.7 Å². The van der Waals surface area contributed by atoms with Crippen LogP contribution in [0.25, 0.3) is 0 Å². The van der Waals surface area contributed by atoms with Crippen LogP contribution in [0, 0.1) is 0 Å². The molecule has 5 heteroatoms. The van der Waals surface area contributed by atoms with Crippen molar-refractivity contribution in [2.45, 2.75) is 6.10 Å². The van der Waals surface area contributed by atoms with Crippen LogP contribution in [-0.2, 0) is 14.3 Å². The first-order chi connectivity index (χ1) is 7.22. The number of carbonyl (C=O) groups excluding carboxylic acids is 2. The van der Waals surface area contributed by atoms with Crippen LogP contribution in [0.3, 0.4) is 0 Å². The fourth-order valence-corrected chi connectivity index (χ4v) is 1.34. The largest absolute Gasteiger partial charge is 0.495 e. The molecule has 0 heterocycles. The number of rotatable bonds is 5. The minimum Gasteiger partial charge on any atom is -0.495 e. The van der Waals surface area contributed by atoms with Crippen LogP contribution in [0.1, 0.15) is 11.7 Å². The van der Waals surface area contributed by atoms with E-state index < -0.39 is 6.10 Å². The van der Waals surface area contributed by atoms with E-state index in [1.165, 1.54) is 13.2 Å². The van der Waals surface area contributed by atoms with Crippen LogP contribution in [-0.4, -0.2) is 19.9 Å². The Kier molecular flexibility index (Phi) is 4.12. The maximum atomic E-state index is 10.5. The third-order valence-corrected chi connectivity index (χ3v) is 2.07. The zero-order valence-electron chi connectivity index (χ0n) is 7.90. The number of ether oxygens (including phenoxy) is 2. The second-order valence-electron chi connectivity index (χ2n) is 2.62. The van der Waals surface area contributed by atoms with Gasteiger partial charge in [0.15, 0.2) is 6.10 Å². The number of carbonyl (C=O) groups is 1. The Bertz CT molecular complexity index is 364. The van der Waals surface area contributed by atoms with E-state index in [9.17, 15) is 9.59 Å². The molecular formula is C10H8ClO4. The Morgan fingerprint density at radius 1 is 1.53 bits per heavy atom. The molecule has 0 aromatic heterocycles. The van der Waals surface area contributed by atoms with E-state index in [0.29, 0.717) is 16.3 Å². The molecule has 1 aromatic rings. The van der Waals surface area contributed by atoms with Gasteiger partial charge in [0.2, 0.25) is 6.29 Å². The minimum atomic E-state index is -1.05. The summed E-state index contributed by atoms with van der Waals surface area (Å²) < 4.78 is 9.43. The van der Waals surface area contributed by atoms with Gasteiger partial charge in [-0.15, -0.1) is 0 Å². The highest BCUT2D eigenvalue weighted by Crippen LogP contribution is 2.27. The zero-order valence-corrected chi connectivity index (χ0v) is 8.65. The van der Waals surface area contributed by atoms with Crippen molar-refractivity contribution in [1.29, 1.82) is 0 Å². The smallest absolute Gasteiger partial charge is 0.294 e. The van der Waals surface area contributed by atoms with Gasteiger partial charge < -0.3 is 9.47 Å². The summed E-state index contributed by atoms with van der Waals surface area (Å²) in [5.74, 6) is 0.483. The molecule has 0 spiro atoms. The molecule has 0 amide bonds. The van der Waals surface area contributed by atoms with Crippen molar-refractivity contribution in [3.05, 3.63) is 28.8 Å². The lowest BCUT2D eigenvalue weighted by Crippen LogP contribution is -2.04. The molecule has 1 rings (SSSR count). The molecule has 0 aliphatic heterocycles. The summed E-state index contributed by atoms with van der Waals surface area (Å²) in [5.41, 5.74) is 0.447. The molecule has 0 saturated heterocycles. The van der Waals surface area contributed by atoms with Crippen molar-refractivity contribution < 1.29 is 19.1 Å². The first-order valence-electron chi connectivity index (χ1n) is 4.03. The van der Waals surface area contributed by atoms with Gasteiger partial charge in [0, 0.05) is 5.56 Å². The normalized spacial score (nSPS) is 11.6. The van der Waals surface area contributed by atoms with E-state index in [0.717, 1.165) is 0 Å². The molecule has 0 aliphatic rings. The number of halogens is 1. The van der Waals surface area contributed by atoms with Crippen LogP contribution in [0.4, 0.5) is 0 Å².